The van der Waals surface area contributed by atoms with Crippen molar-refractivity contribution < 1.29 is 24.4 Å². The first-order valence-corrected chi connectivity index (χ1v) is 5.56. The molecule has 0 atom stereocenters. The summed E-state index contributed by atoms with van der Waals surface area (Å²) in [6.45, 7) is 0. The molecule has 0 amide bonds. The Kier molecular flexibility index (Phi) is 3.66. The molecule has 0 bridgehead atoms. The van der Waals surface area contributed by atoms with E-state index in [-0.39, 0.29) is 11.5 Å². The Labute approximate surface area is 110 Å². The van der Waals surface area contributed by atoms with Crippen LogP contribution in [0.5, 0.6) is 34.5 Å². The van der Waals surface area contributed by atoms with Crippen molar-refractivity contribution in [1.29, 1.82) is 0 Å². The lowest BCUT2D eigenvalue weighted by molar-refractivity contribution is 0.352. The number of benzene rings is 2. The molecule has 0 aliphatic heterocycles. The van der Waals surface area contributed by atoms with Crippen LogP contribution in [0.2, 0.25) is 0 Å². The largest absolute Gasteiger partial charge is 0.508 e. The minimum atomic E-state index is 0.0851. The molecule has 100 valence electrons. The molecule has 0 spiro atoms. The summed E-state index contributed by atoms with van der Waals surface area (Å²) in [6.07, 6.45) is 0. The van der Waals surface area contributed by atoms with Gasteiger partial charge in [-0.3, -0.25) is 0 Å². The predicted octanol–water partition coefficient (Wildman–Crippen LogP) is 2.91. The van der Waals surface area contributed by atoms with E-state index < -0.39 is 0 Å². The number of methoxy groups -OCH3 is 2. The van der Waals surface area contributed by atoms with Gasteiger partial charge >= 0.3 is 0 Å². The van der Waals surface area contributed by atoms with Crippen LogP contribution in [0.1, 0.15) is 0 Å². The van der Waals surface area contributed by atoms with Gasteiger partial charge in [-0.15, -0.1) is 0 Å². The van der Waals surface area contributed by atoms with Crippen LogP contribution in [-0.4, -0.2) is 24.4 Å². The molecular formula is C14H14O5. The lowest BCUT2D eigenvalue weighted by atomic mass is 10.2. The summed E-state index contributed by atoms with van der Waals surface area (Å²) in [7, 11) is 2.96. The van der Waals surface area contributed by atoms with Gasteiger partial charge in [0, 0.05) is 12.1 Å². The van der Waals surface area contributed by atoms with Gasteiger partial charge in [0.15, 0.2) is 23.0 Å². The van der Waals surface area contributed by atoms with Gasteiger partial charge in [0.1, 0.15) is 11.5 Å². The highest BCUT2D eigenvalue weighted by atomic mass is 16.5. The summed E-state index contributed by atoms with van der Waals surface area (Å²) in [6, 6.07) is 9.04. The fourth-order valence-electron chi connectivity index (χ4n) is 1.60. The molecule has 0 radical (unpaired) electrons. The lowest BCUT2D eigenvalue weighted by Crippen LogP contribution is -1.93. The Hall–Kier alpha value is -2.56. The molecular weight excluding hydrogens is 248 g/mol. The summed E-state index contributed by atoms with van der Waals surface area (Å²) in [4.78, 5) is 0. The Balaban J connectivity index is 2.36. The van der Waals surface area contributed by atoms with Gasteiger partial charge in [0.2, 0.25) is 0 Å². The van der Waals surface area contributed by atoms with E-state index in [1.807, 2.05) is 0 Å². The molecule has 19 heavy (non-hydrogen) atoms. The van der Waals surface area contributed by atoms with E-state index >= 15 is 0 Å². The number of phenolic OH excluding ortho intramolecular Hbond substituents is 2. The van der Waals surface area contributed by atoms with E-state index in [9.17, 15) is 10.2 Å². The molecule has 2 aromatic carbocycles. The van der Waals surface area contributed by atoms with Crippen LogP contribution >= 0.6 is 0 Å². The Morgan fingerprint density at radius 2 is 1.11 bits per heavy atom. The zero-order valence-electron chi connectivity index (χ0n) is 10.6. The first kappa shape index (κ1) is 12.9. The van der Waals surface area contributed by atoms with Crippen molar-refractivity contribution in [3.8, 4) is 34.5 Å². The molecule has 2 rings (SSSR count). The maximum absolute atomic E-state index is 9.38. The van der Waals surface area contributed by atoms with Gasteiger partial charge in [0.05, 0.1) is 14.2 Å². The van der Waals surface area contributed by atoms with E-state index in [0.717, 1.165) is 0 Å². The zero-order valence-corrected chi connectivity index (χ0v) is 10.6. The van der Waals surface area contributed by atoms with Crippen molar-refractivity contribution in [2.75, 3.05) is 14.2 Å². The highest BCUT2D eigenvalue weighted by molar-refractivity contribution is 5.51. The molecule has 0 aliphatic rings. The predicted molar refractivity (Wildman–Crippen MR) is 69.4 cm³/mol. The van der Waals surface area contributed by atoms with Crippen LogP contribution in [0.15, 0.2) is 36.4 Å². The fraction of sp³-hybridized carbons (Fsp3) is 0.143. The molecule has 0 heterocycles. The second kappa shape index (κ2) is 5.39. The van der Waals surface area contributed by atoms with Crippen LogP contribution in [-0.2, 0) is 0 Å². The summed E-state index contributed by atoms with van der Waals surface area (Å²) >= 11 is 0. The highest BCUT2D eigenvalue weighted by Crippen LogP contribution is 2.39. The van der Waals surface area contributed by atoms with E-state index in [0.29, 0.717) is 23.0 Å². The van der Waals surface area contributed by atoms with E-state index in [2.05, 4.69) is 0 Å². The first-order chi connectivity index (χ1) is 9.13. The Bertz CT molecular complexity index is 529. The van der Waals surface area contributed by atoms with Crippen LogP contribution in [0, 0.1) is 0 Å². The highest BCUT2D eigenvalue weighted by Gasteiger charge is 2.11. The average molecular weight is 262 g/mol. The number of hydrogen-bond donors (Lipinski definition) is 2. The third kappa shape index (κ3) is 2.82. The smallest absolute Gasteiger partial charge is 0.169 e. The molecule has 2 aromatic rings. The van der Waals surface area contributed by atoms with E-state index in [1.54, 1.807) is 12.1 Å². The lowest BCUT2D eigenvalue weighted by Gasteiger charge is -2.13. The van der Waals surface area contributed by atoms with Crippen molar-refractivity contribution >= 4 is 0 Å². The number of ether oxygens (including phenoxy) is 3. The molecule has 0 saturated carbocycles. The Morgan fingerprint density at radius 3 is 1.47 bits per heavy atom. The molecule has 0 unspecified atom stereocenters. The summed E-state index contributed by atoms with van der Waals surface area (Å²) in [5, 5.41) is 18.8. The topological polar surface area (TPSA) is 68.2 Å². The quantitative estimate of drug-likeness (QED) is 0.886. The third-order valence-corrected chi connectivity index (χ3v) is 2.51. The van der Waals surface area contributed by atoms with Crippen LogP contribution in [0.4, 0.5) is 0 Å². The number of aromatic hydroxyl groups is 2. The summed E-state index contributed by atoms with van der Waals surface area (Å²) in [5.41, 5.74) is 0. The standard InChI is InChI=1S/C14H14O5/c1-17-13-7-9(15)3-5-11(13)19-12-6-4-10(16)8-14(12)18-2/h3-8,15-16H,1-2H3. The van der Waals surface area contributed by atoms with Gasteiger partial charge in [-0.2, -0.15) is 0 Å². The number of hydrogen-bond acceptors (Lipinski definition) is 5. The van der Waals surface area contributed by atoms with Gasteiger partial charge in [-0.05, 0) is 24.3 Å². The third-order valence-electron chi connectivity index (χ3n) is 2.51. The average Bonchev–Trinajstić information content (AvgIpc) is 2.42. The molecule has 0 fully saturated rings. The maximum Gasteiger partial charge on any atom is 0.169 e. The van der Waals surface area contributed by atoms with Crippen LogP contribution < -0.4 is 14.2 Å². The summed E-state index contributed by atoms with van der Waals surface area (Å²) < 4.78 is 15.9. The normalized spacial score (nSPS) is 10.0. The van der Waals surface area contributed by atoms with Gasteiger partial charge in [-0.25, -0.2) is 0 Å². The number of phenols is 2. The minimum Gasteiger partial charge on any atom is -0.508 e. The van der Waals surface area contributed by atoms with Gasteiger partial charge < -0.3 is 24.4 Å². The molecule has 0 saturated heterocycles. The summed E-state index contributed by atoms with van der Waals surface area (Å²) in [5.74, 6) is 1.84. The van der Waals surface area contributed by atoms with Gasteiger partial charge in [-0.1, -0.05) is 0 Å². The molecule has 5 nitrogen and oxygen atoms in total. The van der Waals surface area contributed by atoms with Crippen LogP contribution in [0.3, 0.4) is 0 Å². The van der Waals surface area contributed by atoms with Gasteiger partial charge in [0.25, 0.3) is 0 Å². The van der Waals surface area contributed by atoms with Crippen LogP contribution in [0.25, 0.3) is 0 Å². The molecule has 5 heteroatoms. The van der Waals surface area contributed by atoms with Crippen molar-refractivity contribution in [3.05, 3.63) is 36.4 Å². The number of rotatable bonds is 4. The van der Waals surface area contributed by atoms with E-state index in [4.69, 9.17) is 14.2 Å². The fourth-order valence-corrected chi connectivity index (χ4v) is 1.60. The zero-order chi connectivity index (χ0) is 13.8. The van der Waals surface area contributed by atoms with Crippen molar-refractivity contribution in [2.24, 2.45) is 0 Å². The first-order valence-electron chi connectivity index (χ1n) is 5.56. The molecule has 0 aliphatic carbocycles. The van der Waals surface area contributed by atoms with Crippen molar-refractivity contribution in [2.45, 2.75) is 0 Å². The second-order valence-corrected chi connectivity index (χ2v) is 3.77. The molecule has 0 aromatic heterocycles. The molecule has 2 N–H and O–H groups in total. The van der Waals surface area contributed by atoms with Crippen molar-refractivity contribution in [3.63, 3.8) is 0 Å². The second-order valence-electron chi connectivity index (χ2n) is 3.77. The minimum absolute atomic E-state index is 0.0851. The Morgan fingerprint density at radius 1 is 0.684 bits per heavy atom. The van der Waals surface area contributed by atoms with E-state index in [1.165, 1.54) is 38.5 Å². The van der Waals surface area contributed by atoms with Crippen molar-refractivity contribution in [1.82, 2.24) is 0 Å². The maximum atomic E-state index is 9.38. The SMILES string of the molecule is COc1cc(O)ccc1Oc1ccc(O)cc1OC. The monoisotopic (exact) mass is 262 g/mol.